The molecule has 0 amide bonds. The van der Waals surface area contributed by atoms with Crippen LogP contribution >= 0.6 is 23.1 Å². The van der Waals surface area contributed by atoms with Crippen molar-refractivity contribution in [2.45, 2.75) is 35.7 Å². The Morgan fingerprint density at radius 2 is 2.35 bits per heavy atom. The molecule has 4 nitrogen and oxygen atoms in total. The third-order valence-electron chi connectivity index (χ3n) is 2.41. The summed E-state index contributed by atoms with van der Waals surface area (Å²) in [6, 6.07) is 0.147. The van der Waals surface area contributed by atoms with E-state index in [0.717, 1.165) is 21.5 Å². The summed E-state index contributed by atoms with van der Waals surface area (Å²) in [5.41, 5.74) is 8.18. The van der Waals surface area contributed by atoms with Gasteiger partial charge >= 0.3 is 0 Å². The van der Waals surface area contributed by atoms with Crippen LogP contribution < -0.4 is 5.73 Å². The molecule has 0 aliphatic rings. The predicted molar refractivity (Wildman–Crippen MR) is 71.5 cm³/mol. The van der Waals surface area contributed by atoms with Crippen LogP contribution in [0.5, 0.6) is 0 Å². The molecule has 1 unspecified atom stereocenters. The SMILES string of the molecule is Cc1nn(C)c(Sc2nccs2)c1CC(C)N. The van der Waals surface area contributed by atoms with Gasteiger partial charge in [0.25, 0.3) is 0 Å². The molecule has 92 valence electrons. The number of aromatic nitrogens is 3. The number of hydrogen-bond acceptors (Lipinski definition) is 5. The molecule has 2 heterocycles. The number of rotatable bonds is 4. The minimum Gasteiger partial charge on any atom is -0.328 e. The van der Waals surface area contributed by atoms with Gasteiger partial charge in [-0.05, 0) is 32.0 Å². The van der Waals surface area contributed by atoms with Crippen molar-refractivity contribution in [1.82, 2.24) is 14.8 Å². The van der Waals surface area contributed by atoms with Crippen molar-refractivity contribution in [2.75, 3.05) is 0 Å². The first-order valence-electron chi connectivity index (χ1n) is 5.43. The molecule has 0 aliphatic heterocycles. The van der Waals surface area contributed by atoms with Crippen LogP contribution in [0, 0.1) is 6.92 Å². The molecule has 0 saturated carbocycles. The maximum atomic E-state index is 5.89. The smallest absolute Gasteiger partial charge is 0.156 e. The summed E-state index contributed by atoms with van der Waals surface area (Å²) in [4.78, 5) is 4.29. The summed E-state index contributed by atoms with van der Waals surface area (Å²) in [6.07, 6.45) is 2.68. The Hall–Kier alpha value is -0.850. The first-order valence-corrected chi connectivity index (χ1v) is 7.13. The lowest BCUT2D eigenvalue weighted by molar-refractivity contribution is 0.677. The molecule has 2 rings (SSSR count). The van der Waals surface area contributed by atoms with Crippen molar-refractivity contribution >= 4 is 23.1 Å². The van der Waals surface area contributed by atoms with Crippen LogP contribution in [0.25, 0.3) is 0 Å². The Kier molecular flexibility index (Phi) is 3.86. The standard InChI is InChI=1S/C11H16N4S2/c1-7(12)6-9-8(2)14-15(3)10(9)17-11-13-4-5-16-11/h4-5,7H,6,12H2,1-3H3. The lowest BCUT2D eigenvalue weighted by Gasteiger charge is -2.07. The molecule has 2 aromatic rings. The second-order valence-electron chi connectivity index (χ2n) is 4.07. The van der Waals surface area contributed by atoms with E-state index < -0.39 is 0 Å². The van der Waals surface area contributed by atoms with Crippen molar-refractivity contribution in [1.29, 1.82) is 0 Å². The van der Waals surface area contributed by atoms with Crippen LogP contribution in [-0.2, 0) is 13.5 Å². The van der Waals surface area contributed by atoms with E-state index in [1.54, 1.807) is 23.1 Å². The lowest BCUT2D eigenvalue weighted by Crippen LogP contribution is -2.18. The van der Waals surface area contributed by atoms with Gasteiger partial charge in [-0.2, -0.15) is 5.10 Å². The Bertz CT molecular complexity index is 488. The van der Waals surface area contributed by atoms with Gasteiger partial charge in [0.2, 0.25) is 0 Å². The summed E-state index contributed by atoms with van der Waals surface area (Å²) in [5.74, 6) is 0. The molecule has 2 N–H and O–H groups in total. The topological polar surface area (TPSA) is 56.7 Å². The van der Waals surface area contributed by atoms with Gasteiger partial charge in [-0.1, -0.05) is 0 Å². The minimum atomic E-state index is 0.147. The third kappa shape index (κ3) is 2.88. The summed E-state index contributed by atoms with van der Waals surface area (Å²) < 4.78 is 2.96. The van der Waals surface area contributed by atoms with Crippen LogP contribution in [-0.4, -0.2) is 20.8 Å². The second kappa shape index (κ2) is 5.20. The quantitative estimate of drug-likeness (QED) is 0.924. The van der Waals surface area contributed by atoms with Crippen molar-refractivity contribution < 1.29 is 0 Å². The first-order chi connectivity index (χ1) is 8.08. The Morgan fingerprint density at radius 1 is 1.59 bits per heavy atom. The zero-order valence-corrected chi connectivity index (χ0v) is 11.8. The molecule has 0 fully saturated rings. The molecule has 17 heavy (non-hydrogen) atoms. The normalized spacial score (nSPS) is 12.9. The summed E-state index contributed by atoms with van der Waals surface area (Å²) in [7, 11) is 1.97. The molecule has 2 aromatic heterocycles. The fraction of sp³-hybridized carbons (Fsp3) is 0.455. The second-order valence-corrected chi connectivity index (χ2v) is 6.20. The number of nitrogens with zero attached hydrogens (tertiary/aromatic N) is 3. The highest BCUT2D eigenvalue weighted by Gasteiger charge is 2.16. The number of nitrogens with two attached hydrogens (primary N) is 1. The van der Waals surface area contributed by atoms with Crippen molar-refractivity contribution in [2.24, 2.45) is 12.8 Å². The monoisotopic (exact) mass is 268 g/mol. The van der Waals surface area contributed by atoms with E-state index in [0.29, 0.717) is 0 Å². The predicted octanol–water partition coefficient (Wildman–Crippen LogP) is 2.23. The molecule has 0 aliphatic carbocycles. The van der Waals surface area contributed by atoms with Crippen molar-refractivity contribution in [3.05, 3.63) is 22.8 Å². The van der Waals surface area contributed by atoms with Crippen LogP contribution in [0.3, 0.4) is 0 Å². The first kappa shape index (κ1) is 12.6. The van der Waals surface area contributed by atoms with E-state index in [2.05, 4.69) is 10.1 Å². The van der Waals surface area contributed by atoms with Crippen molar-refractivity contribution in [3.8, 4) is 0 Å². The van der Waals surface area contributed by atoms with Gasteiger partial charge in [-0.15, -0.1) is 11.3 Å². The number of aryl methyl sites for hydroxylation is 2. The van der Waals surface area contributed by atoms with E-state index >= 15 is 0 Å². The van der Waals surface area contributed by atoms with E-state index in [9.17, 15) is 0 Å². The Morgan fingerprint density at radius 3 is 2.94 bits per heavy atom. The van der Waals surface area contributed by atoms with Crippen LogP contribution in [0.2, 0.25) is 0 Å². The highest BCUT2D eigenvalue weighted by Crippen LogP contribution is 2.33. The molecule has 0 saturated heterocycles. The van der Waals surface area contributed by atoms with Gasteiger partial charge in [0, 0.05) is 30.2 Å². The van der Waals surface area contributed by atoms with Crippen molar-refractivity contribution in [3.63, 3.8) is 0 Å². The maximum absolute atomic E-state index is 5.89. The van der Waals surface area contributed by atoms with Gasteiger partial charge in [-0.25, -0.2) is 4.98 Å². The lowest BCUT2D eigenvalue weighted by atomic mass is 10.1. The molecule has 0 bridgehead atoms. The molecular weight excluding hydrogens is 252 g/mol. The fourth-order valence-electron chi connectivity index (χ4n) is 1.71. The highest BCUT2D eigenvalue weighted by atomic mass is 32.2. The van der Waals surface area contributed by atoms with Gasteiger partial charge in [-0.3, -0.25) is 4.68 Å². The summed E-state index contributed by atoms with van der Waals surface area (Å²) in [5, 5.41) is 7.59. The molecule has 6 heteroatoms. The van der Waals surface area contributed by atoms with Crippen LogP contribution in [0.4, 0.5) is 0 Å². The fourth-order valence-corrected chi connectivity index (χ4v) is 3.47. The maximum Gasteiger partial charge on any atom is 0.156 e. The molecule has 0 spiro atoms. The highest BCUT2D eigenvalue weighted by molar-refractivity contribution is 8.01. The molecule has 1 atom stereocenters. The molecule has 0 aromatic carbocycles. The van der Waals surface area contributed by atoms with Gasteiger partial charge in [0.05, 0.1) is 5.69 Å². The zero-order chi connectivity index (χ0) is 12.4. The zero-order valence-electron chi connectivity index (χ0n) is 10.2. The average Bonchev–Trinajstić information content (AvgIpc) is 2.82. The van der Waals surface area contributed by atoms with Crippen LogP contribution in [0.15, 0.2) is 20.9 Å². The Labute approximate surface area is 109 Å². The molecule has 0 radical (unpaired) electrons. The largest absolute Gasteiger partial charge is 0.328 e. The van der Waals surface area contributed by atoms with Gasteiger partial charge in [0.15, 0.2) is 4.34 Å². The summed E-state index contributed by atoms with van der Waals surface area (Å²) >= 11 is 3.31. The minimum absolute atomic E-state index is 0.147. The van der Waals surface area contributed by atoms with E-state index in [-0.39, 0.29) is 6.04 Å². The average molecular weight is 268 g/mol. The summed E-state index contributed by atoms with van der Waals surface area (Å²) in [6.45, 7) is 4.05. The molecular formula is C11H16N4S2. The van der Waals surface area contributed by atoms with Gasteiger partial charge in [0.1, 0.15) is 5.03 Å². The third-order valence-corrected chi connectivity index (χ3v) is 4.50. The van der Waals surface area contributed by atoms with E-state index in [4.69, 9.17) is 5.73 Å². The number of hydrogen-bond donors (Lipinski definition) is 1. The van der Waals surface area contributed by atoms with Gasteiger partial charge < -0.3 is 5.73 Å². The number of thiazole rings is 1. The van der Waals surface area contributed by atoms with E-state index in [1.165, 1.54) is 5.56 Å². The van der Waals surface area contributed by atoms with Crippen LogP contribution in [0.1, 0.15) is 18.2 Å². The van der Waals surface area contributed by atoms with E-state index in [1.807, 2.05) is 37.2 Å². The Balaban J connectivity index is 2.31.